The van der Waals surface area contributed by atoms with E-state index in [0.717, 1.165) is 4.88 Å². The molecule has 1 aliphatic carbocycles. The van der Waals surface area contributed by atoms with Crippen LogP contribution in [0.15, 0.2) is 29.2 Å². The minimum Gasteiger partial charge on any atom is -0.390 e. The highest BCUT2D eigenvalue weighted by Crippen LogP contribution is 2.21. The van der Waals surface area contributed by atoms with Crippen LogP contribution in [0.1, 0.15) is 25.1 Å². The minimum absolute atomic E-state index is 0.000909. The number of hydrogen-bond acceptors (Lipinski definition) is 7. The van der Waals surface area contributed by atoms with Gasteiger partial charge in [-0.25, -0.2) is 0 Å². The number of aliphatic hydroxyl groups is 2. The lowest BCUT2D eigenvalue weighted by Crippen LogP contribution is -2.56. The van der Waals surface area contributed by atoms with E-state index < -0.39 is 42.1 Å². The molecule has 0 saturated carbocycles. The molecule has 10 heteroatoms. The Balaban J connectivity index is 2.13. The zero-order valence-electron chi connectivity index (χ0n) is 17.3. The highest BCUT2D eigenvalue weighted by atomic mass is 32.1. The van der Waals surface area contributed by atoms with Gasteiger partial charge in [-0.05, 0) is 24.4 Å². The maximum atomic E-state index is 12.7. The molecule has 0 aliphatic heterocycles. The van der Waals surface area contributed by atoms with Gasteiger partial charge in [0.15, 0.2) is 0 Å². The monoisotopic (exact) mass is 438 g/mol. The van der Waals surface area contributed by atoms with Crippen LogP contribution in [0, 0.1) is 5.92 Å². The van der Waals surface area contributed by atoms with Crippen LogP contribution in [0.2, 0.25) is 0 Å². The Bertz CT molecular complexity index is 780. The second-order valence-electron chi connectivity index (χ2n) is 7.71. The fraction of sp³-hybridized carbons (Fsp3) is 0.550. The van der Waals surface area contributed by atoms with Crippen molar-refractivity contribution in [3.8, 4) is 0 Å². The summed E-state index contributed by atoms with van der Waals surface area (Å²) in [6, 6.07) is 1.33. The van der Waals surface area contributed by atoms with Crippen LogP contribution in [0.25, 0.3) is 0 Å². The number of hydrogen-bond donors (Lipinski definition) is 6. The molecule has 1 heterocycles. The van der Waals surface area contributed by atoms with Crippen molar-refractivity contribution in [2.45, 2.75) is 57.0 Å². The summed E-state index contributed by atoms with van der Waals surface area (Å²) in [5, 5.41) is 30.5. The maximum Gasteiger partial charge on any atom is 0.247 e. The van der Waals surface area contributed by atoms with Crippen molar-refractivity contribution in [1.29, 1.82) is 0 Å². The zero-order valence-corrected chi connectivity index (χ0v) is 18.1. The first kappa shape index (κ1) is 24.0. The smallest absolute Gasteiger partial charge is 0.247 e. The molecule has 1 aromatic heterocycles. The van der Waals surface area contributed by atoms with E-state index in [9.17, 15) is 24.6 Å². The summed E-state index contributed by atoms with van der Waals surface area (Å²) in [5.74, 6) is -1.60. The first-order valence-electron chi connectivity index (χ1n) is 9.81. The van der Waals surface area contributed by atoms with Crippen LogP contribution in [-0.4, -0.2) is 65.3 Å². The molecule has 166 valence electrons. The molecule has 0 spiro atoms. The summed E-state index contributed by atoms with van der Waals surface area (Å²) in [7, 11) is 1.66. The molecule has 0 radical (unpaired) electrons. The average Bonchev–Trinajstić information content (AvgIpc) is 3.17. The number of primary amides is 1. The van der Waals surface area contributed by atoms with Crippen molar-refractivity contribution in [2.24, 2.45) is 11.7 Å². The van der Waals surface area contributed by atoms with E-state index in [1.165, 1.54) is 17.4 Å². The average molecular weight is 439 g/mol. The molecular weight excluding hydrogens is 408 g/mol. The summed E-state index contributed by atoms with van der Waals surface area (Å²) in [5.41, 5.74) is 5.60. The number of thiophene rings is 1. The summed E-state index contributed by atoms with van der Waals surface area (Å²) >= 11 is 1.45. The van der Waals surface area contributed by atoms with Gasteiger partial charge in [0.25, 0.3) is 0 Å². The summed E-state index contributed by atoms with van der Waals surface area (Å²) < 4.78 is 0. The SMILES string of the molecule is CN[C@H](C(=O)N[C@@H]1C=C(C(=O)N[C@@H](Cc2cccs2)C(N)=O)C[C@@H](O)[C@@H]1O)C(C)C. The lowest BCUT2D eigenvalue weighted by molar-refractivity contribution is -0.127. The summed E-state index contributed by atoms with van der Waals surface area (Å²) in [6.45, 7) is 3.75. The molecule has 1 aliphatic rings. The van der Waals surface area contributed by atoms with Gasteiger partial charge in [0.1, 0.15) is 12.1 Å². The molecule has 30 heavy (non-hydrogen) atoms. The largest absolute Gasteiger partial charge is 0.390 e. The summed E-state index contributed by atoms with van der Waals surface area (Å²) in [6.07, 6.45) is -0.925. The van der Waals surface area contributed by atoms with Crippen molar-refractivity contribution < 1.29 is 24.6 Å². The second kappa shape index (κ2) is 10.7. The van der Waals surface area contributed by atoms with Crippen molar-refractivity contribution in [2.75, 3.05) is 7.05 Å². The fourth-order valence-corrected chi connectivity index (χ4v) is 4.14. The molecule has 0 aromatic carbocycles. The molecule has 0 unspecified atom stereocenters. The van der Waals surface area contributed by atoms with E-state index in [-0.39, 0.29) is 30.2 Å². The highest BCUT2D eigenvalue weighted by molar-refractivity contribution is 7.09. The van der Waals surface area contributed by atoms with E-state index >= 15 is 0 Å². The summed E-state index contributed by atoms with van der Waals surface area (Å²) in [4.78, 5) is 37.9. The number of carbonyl (C=O) groups is 3. The van der Waals surface area contributed by atoms with Gasteiger partial charge in [-0.3, -0.25) is 14.4 Å². The topological polar surface area (TPSA) is 154 Å². The first-order chi connectivity index (χ1) is 14.1. The van der Waals surface area contributed by atoms with Crippen molar-refractivity contribution >= 4 is 29.1 Å². The Morgan fingerprint density at radius 1 is 1.30 bits per heavy atom. The number of nitrogens with two attached hydrogens (primary N) is 1. The van der Waals surface area contributed by atoms with E-state index in [4.69, 9.17) is 5.73 Å². The molecule has 0 fully saturated rings. The molecule has 0 bridgehead atoms. The van der Waals surface area contributed by atoms with Crippen LogP contribution in [0.5, 0.6) is 0 Å². The van der Waals surface area contributed by atoms with Gasteiger partial charge in [-0.1, -0.05) is 26.0 Å². The Morgan fingerprint density at radius 3 is 2.53 bits per heavy atom. The number of amides is 3. The van der Waals surface area contributed by atoms with Crippen LogP contribution < -0.4 is 21.7 Å². The van der Waals surface area contributed by atoms with Crippen LogP contribution in [0.4, 0.5) is 0 Å². The molecule has 0 saturated heterocycles. The second-order valence-corrected chi connectivity index (χ2v) is 8.74. The molecule has 3 amide bonds. The molecule has 9 nitrogen and oxygen atoms in total. The van der Waals surface area contributed by atoms with Crippen molar-refractivity contribution in [3.63, 3.8) is 0 Å². The normalized spacial score (nSPS) is 23.4. The lowest BCUT2D eigenvalue weighted by Gasteiger charge is -2.32. The van der Waals surface area contributed by atoms with Crippen LogP contribution in [-0.2, 0) is 20.8 Å². The molecule has 7 N–H and O–H groups in total. The third-order valence-corrected chi connectivity index (χ3v) is 5.97. The van der Waals surface area contributed by atoms with Gasteiger partial charge in [0, 0.05) is 23.3 Å². The van der Waals surface area contributed by atoms with E-state index in [0.29, 0.717) is 0 Å². The van der Waals surface area contributed by atoms with Gasteiger partial charge in [-0.2, -0.15) is 0 Å². The first-order valence-corrected chi connectivity index (χ1v) is 10.7. The van der Waals surface area contributed by atoms with E-state index in [1.54, 1.807) is 7.05 Å². The number of aliphatic hydroxyl groups excluding tert-OH is 2. The maximum absolute atomic E-state index is 12.7. The lowest BCUT2D eigenvalue weighted by atomic mass is 9.89. The Kier molecular flexibility index (Phi) is 8.54. The standard InChI is InChI=1S/C20H30N4O5S/c1-10(2)16(22-3)20(29)23-13-7-11(8-15(25)17(13)26)19(28)24-14(18(21)27)9-12-5-4-6-30-12/h4-7,10,13-17,22,25-26H,8-9H2,1-3H3,(H2,21,27)(H,23,29)(H,24,28)/t13-,14+,15-,16+,17-/m1/s1. The quantitative estimate of drug-likeness (QED) is 0.292. The molecule has 5 atom stereocenters. The van der Waals surface area contributed by atoms with Gasteiger partial charge in [0.2, 0.25) is 17.7 Å². The Labute approximate surface area is 179 Å². The van der Waals surface area contributed by atoms with Crippen LogP contribution in [0.3, 0.4) is 0 Å². The van der Waals surface area contributed by atoms with E-state index in [2.05, 4.69) is 16.0 Å². The number of likely N-dealkylation sites (N-methyl/N-ethyl adjacent to an activating group) is 1. The van der Waals surface area contributed by atoms with E-state index in [1.807, 2.05) is 31.4 Å². The predicted molar refractivity (Wildman–Crippen MR) is 113 cm³/mol. The third-order valence-electron chi connectivity index (χ3n) is 5.07. The Morgan fingerprint density at radius 2 is 2.00 bits per heavy atom. The fourth-order valence-electron chi connectivity index (χ4n) is 3.39. The van der Waals surface area contributed by atoms with Gasteiger partial charge >= 0.3 is 0 Å². The number of nitrogens with one attached hydrogen (secondary N) is 3. The zero-order chi connectivity index (χ0) is 22.4. The Hall–Kier alpha value is -2.27. The van der Waals surface area contributed by atoms with Gasteiger partial charge in [-0.15, -0.1) is 11.3 Å². The minimum atomic E-state index is -1.26. The third kappa shape index (κ3) is 6.11. The van der Waals surface area contributed by atoms with Crippen molar-refractivity contribution in [3.05, 3.63) is 34.0 Å². The van der Waals surface area contributed by atoms with Crippen LogP contribution >= 0.6 is 11.3 Å². The number of rotatable bonds is 9. The molecular formula is C20H30N4O5S. The van der Waals surface area contributed by atoms with Crippen molar-refractivity contribution in [1.82, 2.24) is 16.0 Å². The van der Waals surface area contributed by atoms with Gasteiger partial charge in [0.05, 0.1) is 18.2 Å². The predicted octanol–water partition coefficient (Wildman–Crippen LogP) is -0.959. The molecule has 1 aromatic rings. The van der Waals surface area contributed by atoms with Gasteiger partial charge < -0.3 is 31.9 Å². The highest BCUT2D eigenvalue weighted by Gasteiger charge is 2.35. The molecule has 2 rings (SSSR count). The number of carbonyl (C=O) groups excluding carboxylic acids is 3.